The number of hydrogen-bond acceptors (Lipinski definition) is 4. The fourth-order valence-corrected chi connectivity index (χ4v) is 5.06. The van der Waals surface area contributed by atoms with E-state index in [1.807, 2.05) is 30.3 Å². The first-order valence-corrected chi connectivity index (χ1v) is 13.9. The molecule has 196 valence electrons. The molecule has 0 atom stereocenters. The van der Waals surface area contributed by atoms with Crippen molar-refractivity contribution in [3.63, 3.8) is 0 Å². The van der Waals surface area contributed by atoms with Crippen molar-refractivity contribution in [1.29, 1.82) is 0 Å². The van der Waals surface area contributed by atoms with Crippen LogP contribution in [0, 0.1) is 0 Å². The van der Waals surface area contributed by atoms with E-state index in [2.05, 4.69) is 12.2 Å². The second-order valence-corrected chi connectivity index (χ2v) is 9.96. The molecule has 1 aliphatic rings. The SMILES string of the molecule is CCCCCCCCCCCNc1ccc2c3c(cccc13)C(=O)N(CCCCCCC(=O)O)C2=O. The van der Waals surface area contributed by atoms with Crippen LogP contribution < -0.4 is 5.32 Å². The van der Waals surface area contributed by atoms with Gasteiger partial charge in [-0.25, -0.2) is 0 Å². The first-order valence-electron chi connectivity index (χ1n) is 13.9. The number of carbonyl (C=O) groups is 3. The number of unbranched alkanes of at least 4 members (excludes halogenated alkanes) is 11. The number of carboxylic acids is 1. The number of benzene rings is 2. The third kappa shape index (κ3) is 7.55. The van der Waals surface area contributed by atoms with Crippen LogP contribution in [0.25, 0.3) is 10.8 Å². The minimum Gasteiger partial charge on any atom is -0.481 e. The number of rotatable bonds is 18. The van der Waals surface area contributed by atoms with Gasteiger partial charge in [0.05, 0.1) is 0 Å². The van der Waals surface area contributed by atoms with Crippen molar-refractivity contribution in [2.75, 3.05) is 18.4 Å². The monoisotopic (exact) mass is 494 g/mol. The number of carbonyl (C=O) groups excluding carboxylic acids is 2. The molecule has 6 nitrogen and oxygen atoms in total. The highest BCUT2D eigenvalue weighted by Gasteiger charge is 2.32. The highest BCUT2D eigenvalue weighted by Crippen LogP contribution is 2.34. The van der Waals surface area contributed by atoms with Crippen LogP contribution in [0.2, 0.25) is 0 Å². The van der Waals surface area contributed by atoms with Gasteiger partial charge in [-0.3, -0.25) is 19.3 Å². The third-order valence-corrected chi connectivity index (χ3v) is 7.11. The van der Waals surface area contributed by atoms with Gasteiger partial charge < -0.3 is 10.4 Å². The Kier molecular flexibility index (Phi) is 11.2. The first kappa shape index (κ1) is 27.7. The maximum atomic E-state index is 13.2. The molecule has 2 amide bonds. The Bertz CT molecular complexity index is 1010. The molecule has 6 heteroatoms. The predicted octanol–water partition coefficient (Wildman–Crippen LogP) is 7.41. The van der Waals surface area contributed by atoms with Gasteiger partial charge in [0.15, 0.2) is 0 Å². The smallest absolute Gasteiger partial charge is 0.303 e. The maximum absolute atomic E-state index is 13.2. The summed E-state index contributed by atoms with van der Waals surface area (Å²) in [4.78, 5) is 38.4. The van der Waals surface area contributed by atoms with Gasteiger partial charge in [-0.15, -0.1) is 0 Å². The molecule has 0 saturated heterocycles. The van der Waals surface area contributed by atoms with Crippen molar-refractivity contribution in [1.82, 2.24) is 4.90 Å². The Labute approximate surface area is 215 Å². The van der Waals surface area contributed by atoms with Crippen molar-refractivity contribution >= 4 is 34.2 Å². The largest absolute Gasteiger partial charge is 0.481 e. The lowest BCUT2D eigenvalue weighted by Gasteiger charge is -2.28. The average Bonchev–Trinajstić information content (AvgIpc) is 2.87. The molecule has 0 saturated carbocycles. The third-order valence-electron chi connectivity index (χ3n) is 7.11. The summed E-state index contributed by atoms with van der Waals surface area (Å²) in [5.74, 6) is -1.26. The summed E-state index contributed by atoms with van der Waals surface area (Å²) < 4.78 is 0. The molecule has 36 heavy (non-hydrogen) atoms. The van der Waals surface area contributed by atoms with E-state index in [0.29, 0.717) is 30.5 Å². The summed E-state index contributed by atoms with van der Waals surface area (Å²) in [6.45, 7) is 3.49. The van der Waals surface area contributed by atoms with Crippen LogP contribution in [0.4, 0.5) is 5.69 Å². The summed E-state index contributed by atoms with van der Waals surface area (Å²) >= 11 is 0. The number of nitrogens with one attached hydrogen (secondary N) is 1. The van der Waals surface area contributed by atoms with Gasteiger partial charge in [-0.1, -0.05) is 83.3 Å². The number of nitrogens with zero attached hydrogens (tertiary/aromatic N) is 1. The number of anilines is 1. The van der Waals surface area contributed by atoms with E-state index in [-0.39, 0.29) is 18.2 Å². The Balaban J connectivity index is 1.53. The molecule has 0 unspecified atom stereocenters. The van der Waals surface area contributed by atoms with Crippen LogP contribution in [0.3, 0.4) is 0 Å². The van der Waals surface area contributed by atoms with Crippen molar-refractivity contribution in [3.8, 4) is 0 Å². The normalized spacial score (nSPS) is 13.0. The molecule has 1 aliphatic heterocycles. The van der Waals surface area contributed by atoms with Crippen LogP contribution in [0.1, 0.15) is 118 Å². The molecule has 2 aromatic rings. The fourth-order valence-electron chi connectivity index (χ4n) is 5.06. The number of aliphatic carboxylic acids is 1. The molecular formula is C30H42N2O4. The minimum atomic E-state index is -0.789. The van der Waals surface area contributed by atoms with E-state index in [9.17, 15) is 14.4 Å². The van der Waals surface area contributed by atoms with E-state index in [1.165, 1.54) is 56.3 Å². The Hall–Kier alpha value is -2.89. The predicted molar refractivity (Wildman–Crippen MR) is 146 cm³/mol. The van der Waals surface area contributed by atoms with Gasteiger partial charge in [0.25, 0.3) is 11.8 Å². The molecule has 0 spiro atoms. The van der Waals surface area contributed by atoms with Gasteiger partial charge in [-0.2, -0.15) is 0 Å². The van der Waals surface area contributed by atoms with Crippen LogP contribution in [0.5, 0.6) is 0 Å². The average molecular weight is 495 g/mol. The summed E-state index contributed by atoms with van der Waals surface area (Å²) in [6.07, 6.45) is 14.6. The summed E-state index contributed by atoms with van der Waals surface area (Å²) in [7, 11) is 0. The zero-order chi connectivity index (χ0) is 25.8. The van der Waals surface area contributed by atoms with Crippen LogP contribution in [0.15, 0.2) is 30.3 Å². The molecule has 2 N–H and O–H groups in total. The molecule has 2 aromatic carbocycles. The van der Waals surface area contributed by atoms with Crippen molar-refractivity contribution in [3.05, 3.63) is 41.5 Å². The molecule has 0 aromatic heterocycles. The van der Waals surface area contributed by atoms with Gasteiger partial charge in [0.1, 0.15) is 0 Å². The number of amides is 2. The van der Waals surface area contributed by atoms with E-state index in [0.717, 1.165) is 42.3 Å². The Morgan fingerprint density at radius 3 is 2.08 bits per heavy atom. The van der Waals surface area contributed by atoms with E-state index >= 15 is 0 Å². The Morgan fingerprint density at radius 2 is 1.39 bits per heavy atom. The molecule has 0 aliphatic carbocycles. The maximum Gasteiger partial charge on any atom is 0.303 e. The van der Waals surface area contributed by atoms with E-state index < -0.39 is 5.97 Å². The molecule has 0 bridgehead atoms. The van der Waals surface area contributed by atoms with Gasteiger partial charge in [0.2, 0.25) is 0 Å². The molecule has 1 heterocycles. The number of imide groups is 1. The fraction of sp³-hybridized carbons (Fsp3) is 0.567. The van der Waals surface area contributed by atoms with Crippen LogP contribution >= 0.6 is 0 Å². The lowest BCUT2D eigenvalue weighted by molar-refractivity contribution is -0.137. The topological polar surface area (TPSA) is 86.7 Å². The summed E-state index contributed by atoms with van der Waals surface area (Å²) in [6, 6.07) is 9.50. The summed E-state index contributed by atoms with van der Waals surface area (Å²) in [5, 5.41) is 14.0. The molecule has 0 fully saturated rings. The number of hydrogen-bond donors (Lipinski definition) is 2. The van der Waals surface area contributed by atoms with Crippen molar-refractivity contribution in [2.45, 2.75) is 96.8 Å². The van der Waals surface area contributed by atoms with Gasteiger partial charge in [0, 0.05) is 47.1 Å². The van der Waals surface area contributed by atoms with Crippen LogP contribution in [-0.2, 0) is 4.79 Å². The highest BCUT2D eigenvalue weighted by molar-refractivity contribution is 6.26. The Morgan fingerprint density at radius 1 is 0.778 bits per heavy atom. The molecule has 0 radical (unpaired) electrons. The molecular weight excluding hydrogens is 452 g/mol. The minimum absolute atomic E-state index is 0.159. The standard InChI is InChI=1S/C30H42N2O4/c1-2-3-4-5-6-7-8-10-13-21-31-26-20-19-25-28-23(26)16-15-17-24(28)29(35)32(30(25)36)22-14-11-9-12-18-27(33)34/h15-17,19-20,31H,2-14,18,21-22H2,1H3,(H,33,34). The lowest BCUT2D eigenvalue weighted by Crippen LogP contribution is -2.40. The number of carboxylic acid groups (broad SMARTS) is 1. The van der Waals surface area contributed by atoms with Crippen LogP contribution in [-0.4, -0.2) is 40.9 Å². The van der Waals surface area contributed by atoms with Crippen molar-refractivity contribution in [2.24, 2.45) is 0 Å². The lowest BCUT2D eigenvalue weighted by atomic mass is 9.92. The zero-order valence-electron chi connectivity index (χ0n) is 21.8. The van der Waals surface area contributed by atoms with Gasteiger partial charge >= 0.3 is 5.97 Å². The van der Waals surface area contributed by atoms with E-state index in [4.69, 9.17) is 5.11 Å². The second kappa shape index (κ2) is 14.6. The second-order valence-electron chi connectivity index (χ2n) is 9.96. The van der Waals surface area contributed by atoms with E-state index in [1.54, 1.807) is 0 Å². The van der Waals surface area contributed by atoms with Crippen molar-refractivity contribution < 1.29 is 19.5 Å². The van der Waals surface area contributed by atoms with Gasteiger partial charge in [-0.05, 0) is 37.5 Å². The first-order chi connectivity index (χ1) is 17.5. The summed E-state index contributed by atoms with van der Waals surface area (Å²) in [5.41, 5.74) is 2.14. The highest BCUT2D eigenvalue weighted by atomic mass is 16.4. The molecule has 3 rings (SSSR count). The zero-order valence-corrected chi connectivity index (χ0v) is 21.8. The quantitative estimate of drug-likeness (QED) is 0.166.